The normalized spacial score (nSPS) is 10.6. The molecule has 7 nitrogen and oxygen atoms in total. The van der Waals surface area contributed by atoms with Gasteiger partial charge in [-0.1, -0.05) is 43.0 Å². The van der Waals surface area contributed by atoms with Crippen molar-refractivity contribution in [2.45, 2.75) is 12.8 Å². The number of hydrogen-bond acceptors (Lipinski definition) is 6. The first kappa shape index (κ1) is 22.2. The Hall–Kier alpha value is -4.05. The maximum Gasteiger partial charge on any atom is 0.338 e. The van der Waals surface area contributed by atoms with Crippen LogP contribution in [0.5, 0.6) is 0 Å². The Kier molecular flexibility index (Phi) is 9.21. The van der Waals surface area contributed by atoms with Gasteiger partial charge in [0.05, 0.1) is 37.8 Å². The van der Waals surface area contributed by atoms with Gasteiger partial charge >= 0.3 is 11.9 Å². The van der Waals surface area contributed by atoms with E-state index in [0.29, 0.717) is 24.1 Å². The van der Waals surface area contributed by atoms with Crippen LogP contribution in [0.3, 0.4) is 0 Å². The van der Waals surface area contributed by atoms with Crippen molar-refractivity contribution in [2.24, 2.45) is 10.2 Å². The molecule has 0 aliphatic heterocycles. The number of carbonyl (C=O) groups excluding carboxylic acids is 2. The van der Waals surface area contributed by atoms with Crippen molar-refractivity contribution < 1.29 is 19.1 Å². The van der Waals surface area contributed by atoms with E-state index in [4.69, 9.17) is 16.0 Å². The van der Waals surface area contributed by atoms with E-state index in [2.05, 4.69) is 21.6 Å². The Balaban J connectivity index is 1.74. The molecule has 0 aliphatic rings. The average molecular weight is 403 g/mol. The predicted molar refractivity (Wildman–Crippen MR) is 115 cm³/mol. The van der Waals surface area contributed by atoms with Gasteiger partial charge in [0.15, 0.2) is 5.69 Å². The lowest BCUT2D eigenvalue weighted by atomic mass is 10.1. The van der Waals surface area contributed by atoms with E-state index in [1.54, 1.807) is 61.0 Å². The van der Waals surface area contributed by atoms with Crippen LogP contribution in [0.2, 0.25) is 0 Å². The van der Waals surface area contributed by atoms with Crippen LogP contribution in [0.15, 0.2) is 71.4 Å². The summed E-state index contributed by atoms with van der Waals surface area (Å²) in [6, 6.07) is 13.8. The van der Waals surface area contributed by atoms with Gasteiger partial charge in [0.2, 0.25) is 0 Å². The molecular weight excluding hydrogens is 382 g/mol. The fraction of sp³-hybridized carbons (Fsp3) is 0.174. The maximum atomic E-state index is 12.0. The summed E-state index contributed by atoms with van der Waals surface area (Å²) in [6.07, 6.45) is 5.47. The molecule has 2 rings (SSSR count). The van der Waals surface area contributed by atoms with E-state index in [1.165, 1.54) is 0 Å². The zero-order chi connectivity index (χ0) is 21.6. The molecule has 2 aromatic carbocycles. The quantitative estimate of drug-likeness (QED) is 0.147. The third kappa shape index (κ3) is 7.90. The molecule has 0 bridgehead atoms. The van der Waals surface area contributed by atoms with Gasteiger partial charge in [-0.25, -0.2) is 14.4 Å². The lowest BCUT2D eigenvalue weighted by molar-refractivity contribution is -0.137. The molecule has 0 atom stereocenters. The Morgan fingerprint density at radius 1 is 0.900 bits per heavy atom. The van der Waals surface area contributed by atoms with E-state index in [0.717, 1.165) is 17.2 Å². The fourth-order valence-electron chi connectivity index (χ4n) is 2.22. The highest BCUT2D eigenvalue weighted by molar-refractivity contribution is 5.91. The topological polar surface area (TPSA) is 81.7 Å². The Morgan fingerprint density at radius 2 is 1.43 bits per heavy atom. The van der Waals surface area contributed by atoms with Crippen LogP contribution in [0.1, 0.15) is 34.3 Å². The predicted octanol–water partition coefficient (Wildman–Crippen LogP) is 4.36. The Bertz CT molecular complexity index is 955. The van der Waals surface area contributed by atoms with Crippen molar-refractivity contribution in [1.29, 1.82) is 0 Å². The summed E-state index contributed by atoms with van der Waals surface area (Å²) in [5.74, 6) is -0.876. The van der Waals surface area contributed by atoms with Crippen molar-refractivity contribution >= 4 is 30.1 Å². The minimum Gasteiger partial charge on any atom is -0.463 e. The second-order valence-corrected chi connectivity index (χ2v) is 6.03. The molecule has 0 unspecified atom stereocenters. The number of unbranched alkanes of at least 4 members (excludes halogenated alkanes) is 1. The molecule has 0 heterocycles. The molecule has 0 aromatic heterocycles. The summed E-state index contributed by atoms with van der Waals surface area (Å²) in [5, 5.41) is 7.95. The molecule has 0 spiro atoms. The Morgan fingerprint density at radius 3 is 1.97 bits per heavy atom. The number of ether oxygens (including phenoxy) is 2. The summed E-state index contributed by atoms with van der Waals surface area (Å²) in [6.45, 7) is 10.7. The molecule has 0 saturated heterocycles. The van der Waals surface area contributed by atoms with Gasteiger partial charge in [-0.2, -0.15) is 10.2 Å². The molecular formula is C23H21N3O4. The number of benzene rings is 2. The summed E-state index contributed by atoms with van der Waals surface area (Å²) in [5.41, 5.74) is 2.64. The number of nitrogens with zero attached hydrogens (tertiary/aromatic N) is 3. The highest BCUT2D eigenvalue weighted by Gasteiger charge is 2.06. The smallest absolute Gasteiger partial charge is 0.338 e. The first-order chi connectivity index (χ1) is 14.6. The molecule has 0 N–H and O–H groups in total. The first-order valence-corrected chi connectivity index (χ1v) is 9.22. The van der Waals surface area contributed by atoms with Crippen LogP contribution < -0.4 is 0 Å². The molecule has 0 aliphatic carbocycles. The number of carbonyl (C=O) groups is 2. The average Bonchev–Trinajstić information content (AvgIpc) is 2.79. The van der Waals surface area contributed by atoms with Crippen LogP contribution in [-0.4, -0.2) is 37.6 Å². The molecule has 30 heavy (non-hydrogen) atoms. The van der Waals surface area contributed by atoms with E-state index < -0.39 is 11.9 Å². The van der Waals surface area contributed by atoms with Gasteiger partial charge in [-0.05, 0) is 36.1 Å². The van der Waals surface area contributed by atoms with Gasteiger partial charge in [0, 0.05) is 6.08 Å². The molecule has 0 amide bonds. The van der Waals surface area contributed by atoms with Crippen molar-refractivity contribution in [3.05, 3.63) is 89.3 Å². The van der Waals surface area contributed by atoms with E-state index >= 15 is 0 Å². The lowest BCUT2D eigenvalue weighted by Crippen LogP contribution is -2.08. The summed E-state index contributed by atoms with van der Waals surface area (Å²) >= 11 is 0. The fourth-order valence-corrected chi connectivity index (χ4v) is 2.22. The van der Waals surface area contributed by atoms with Crippen molar-refractivity contribution in [3.63, 3.8) is 0 Å². The molecule has 0 radical (unpaired) electrons. The minimum absolute atomic E-state index is 0.249. The van der Waals surface area contributed by atoms with Gasteiger partial charge in [0.1, 0.15) is 0 Å². The van der Waals surface area contributed by atoms with E-state index in [-0.39, 0.29) is 13.2 Å². The van der Waals surface area contributed by atoms with Crippen LogP contribution in [0.25, 0.3) is 4.85 Å². The summed E-state index contributed by atoms with van der Waals surface area (Å²) < 4.78 is 10.0. The third-order valence-corrected chi connectivity index (χ3v) is 3.83. The SMILES string of the molecule is [C-]#[N+]c1ccc(C=NN=Cc2ccc(C(=O)OCCCCOC(=O)C=C)cc2)cc1. The molecule has 0 saturated carbocycles. The van der Waals surface area contributed by atoms with Crippen LogP contribution >= 0.6 is 0 Å². The first-order valence-electron chi connectivity index (χ1n) is 9.22. The van der Waals surface area contributed by atoms with Crippen LogP contribution in [-0.2, 0) is 14.3 Å². The highest BCUT2D eigenvalue weighted by atomic mass is 16.5. The van der Waals surface area contributed by atoms with Gasteiger partial charge in [-0.3, -0.25) is 0 Å². The molecule has 152 valence electrons. The minimum atomic E-state index is -0.462. The largest absolute Gasteiger partial charge is 0.463 e. The second-order valence-electron chi connectivity index (χ2n) is 6.03. The van der Waals surface area contributed by atoms with Crippen LogP contribution in [0.4, 0.5) is 5.69 Å². The number of rotatable bonds is 10. The number of hydrogen-bond donors (Lipinski definition) is 0. The maximum absolute atomic E-state index is 12.0. The lowest BCUT2D eigenvalue weighted by Gasteiger charge is -2.05. The molecule has 7 heteroatoms. The van der Waals surface area contributed by atoms with E-state index in [9.17, 15) is 9.59 Å². The zero-order valence-electron chi connectivity index (χ0n) is 16.4. The molecule has 0 fully saturated rings. The van der Waals surface area contributed by atoms with Gasteiger partial charge in [0.25, 0.3) is 0 Å². The standard InChI is InChI=1S/C23H21N3O4/c1-3-22(27)29-14-4-5-15-30-23(28)20-10-6-18(7-11-20)16-25-26-17-19-8-12-21(24-2)13-9-19/h3,6-13,16-17H,1,4-5,14-15H2. The third-order valence-electron chi connectivity index (χ3n) is 3.83. The molecule has 2 aromatic rings. The monoisotopic (exact) mass is 403 g/mol. The summed E-state index contributed by atoms with van der Waals surface area (Å²) in [7, 11) is 0. The van der Waals surface area contributed by atoms with Crippen LogP contribution in [0, 0.1) is 6.57 Å². The summed E-state index contributed by atoms with van der Waals surface area (Å²) in [4.78, 5) is 26.2. The number of esters is 2. The van der Waals surface area contributed by atoms with Crippen molar-refractivity contribution in [1.82, 2.24) is 0 Å². The van der Waals surface area contributed by atoms with Crippen molar-refractivity contribution in [2.75, 3.05) is 13.2 Å². The van der Waals surface area contributed by atoms with E-state index in [1.807, 2.05) is 0 Å². The second kappa shape index (κ2) is 12.4. The van der Waals surface area contributed by atoms with Gasteiger partial charge < -0.3 is 9.47 Å². The van der Waals surface area contributed by atoms with Gasteiger partial charge in [-0.15, -0.1) is 0 Å². The zero-order valence-corrected chi connectivity index (χ0v) is 16.4. The van der Waals surface area contributed by atoms with Crippen molar-refractivity contribution in [3.8, 4) is 0 Å². The highest BCUT2D eigenvalue weighted by Crippen LogP contribution is 2.11. The Labute approximate surface area is 175 Å².